The van der Waals surface area contributed by atoms with E-state index in [1.54, 1.807) is 18.2 Å². The van der Waals surface area contributed by atoms with Crippen molar-refractivity contribution in [3.05, 3.63) is 63.8 Å². The van der Waals surface area contributed by atoms with E-state index in [4.69, 9.17) is 0 Å². The number of benzene rings is 1. The van der Waals surface area contributed by atoms with Crippen molar-refractivity contribution < 1.29 is 4.79 Å². The molecule has 0 spiro atoms. The van der Waals surface area contributed by atoms with Gasteiger partial charge in [-0.25, -0.2) is 4.98 Å². The molecule has 0 aliphatic heterocycles. The molecule has 1 aliphatic rings. The summed E-state index contributed by atoms with van der Waals surface area (Å²) in [7, 11) is 0. The predicted octanol–water partition coefficient (Wildman–Crippen LogP) is 2.29. The Kier molecular flexibility index (Phi) is 3.89. The molecule has 0 fully saturated rings. The summed E-state index contributed by atoms with van der Waals surface area (Å²) in [5.41, 5.74) is 3.22. The number of nitrogens with one attached hydrogen (secondary N) is 3. The second kappa shape index (κ2) is 6.35. The average molecular weight is 335 g/mol. The lowest BCUT2D eigenvalue weighted by Crippen LogP contribution is -2.26. The van der Waals surface area contributed by atoms with Gasteiger partial charge in [-0.2, -0.15) is 5.10 Å². The van der Waals surface area contributed by atoms with Crippen LogP contribution in [0, 0.1) is 0 Å². The molecule has 3 aromatic rings. The van der Waals surface area contributed by atoms with Crippen molar-refractivity contribution in [2.75, 3.05) is 5.32 Å². The molecule has 2 heterocycles. The third kappa shape index (κ3) is 3.08. The first kappa shape index (κ1) is 15.3. The number of nitrogens with zero attached hydrogens (tertiary/aromatic N) is 2. The minimum Gasteiger partial charge on any atom is -0.325 e. The fourth-order valence-corrected chi connectivity index (χ4v) is 3.13. The maximum atomic E-state index is 12.6. The van der Waals surface area contributed by atoms with E-state index in [1.165, 1.54) is 6.33 Å². The van der Waals surface area contributed by atoms with Crippen molar-refractivity contribution in [3.8, 4) is 11.4 Å². The van der Waals surface area contributed by atoms with Gasteiger partial charge < -0.3 is 10.3 Å². The van der Waals surface area contributed by atoms with Crippen LogP contribution in [0.25, 0.3) is 11.4 Å². The summed E-state index contributed by atoms with van der Waals surface area (Å²) in [6, 6.07) is 8.95. The number of hydrogen-bond donors (Lipinski definition) is 3. The van der Waals surface area contributed by atoms with Gasteiger partial charge in [0, 0.05) is 16.9 Å². The largest absolute Gasteiger partial charge is 0.325 e. The van der Waals surface area contributed by atoms with E-state index in [2.05, 4.69) is 25.5 Å². The van der Waals surface area contributed by atoms with Gasteiger partial charge in [-0.3, -0.25) is 14.7 Å². The van der Waals surface area contributed by atoms with Gasteiger partial charge in [0.25, 0.3) is 11.5 Å². The summed E-state index contributed by atoms with van der Waals surface area (Å²) >= 11 is 0. The number of carbonyl (C=O) groups is 1. The van der Waals surface area contributed by atoms with Gasteiger partial charge in [-0.1, -0.05) is 12.1 Å². The Labute approximate surface area is 143 Å². The van der Waals surface area contributed by atoms with Crippen LogP contribution < -0.4 is 10.9 Å². The number of aromatic nitrogens is 4. The van der Waals surface area contributed by atoms with E-state index < -0.39 is 5.91 Å². The number of anilines is 1. The van der Waals surface area contributed by atoms with E-state index in [-0.39, 0.29) is 11.1 Å². The highest BCUT2D eigenvalue weighted by atomic mass is 16.2. The number of carbonyl (C=O) groups excluding carboxylic acids is 1. The Bertz CT molecular complexity index is 975. The van der Waals surface area contributed by atoms with E-state index in [0.29, 0.717) is 11.5 Å². The van der Waals surface area contributed by atoms with Crippen LogP contribution in [0.2, 0.25) is 0 Å². The number of aryl methyl sites for hydroxylation is 2. The molecule has 1 amide bonds. The molecule has 0 saturated heterocycles. The quantitative estimate of drug-likeness (QED) is 0.683. The van der Waals surface area contributed by atoms with Crippen molar-refractivity contribution >= 4 is 11.6 Å². The minimum absolute atomic E-state index is 0.144. The van der Waals surface area contributed by atoms with Gasteiger partial charge in [0.15, 0.2) is 5.82 Å². The van der Waals surface area contributed by atoms with Crippen LogP contribution in [0.5, 0.6) is 0 Å². The van der Waals surface area contributed by atoms with Gasteiger partial charge in [-0.05, 0) is 49.4 Å². The summed E-state index contributed by atoms with van der Waals surface area (Å²) < 4.78 is 0. The molecule has 0 bridgehead atoms. The Hall–Kier alpha value is -3.22. The van der Waals surface area contributed by atoms with Crippen LogP contribution in [-0.2, 0) is 12.8 Å². The monoisotopic (exact) mass is 335 g/mol. The van der Waals surface area contributed by atoms with Crippen molar-refractivity contribution in [2.45, 2.75) is 25.7 Å². The number of aromatic amines is 2. The highest BCUT2D eigenvalue weighted by molar-refractivity contribution is 6.04. The zero-order valence-electron chi connectivity index (χ0n) is 13.5. The van der Waals surface area contributed by atoms with Gasteiger partial charge in [-0.15, -0.1) is 0 Å². The maximum absolute atomic E-state index is 12.6. The number of amides is 1. The first-order valence-corrected chi connectivity index (χ1v) is 8.23. The van der Waals surface area contributed by atoms with E-state index in [1.807, 2.05) is 12.1 Å². The van der Waals surface area contributed by atoms with Crippen LogP contribution in [0.3, 0.4) is 0 Å². The lowest BCUT2D eigenvalue weighted by atomic mass is 9.95. The summed E-state index contributed by atoms with van der Waals surface area (Å²) in [6.07, 6.45) is 5.34. The molecule has 3 N–H and O–H groups in total. The summed E-state index contributed by atoms with van der Waals surface area (Å²) in [6.45, 7) is 0. The van der Waals surface area contributed by atoms with Gasteiger partial charge in [0.2, 0.25) is 0 Å². The van der Waals surface area contributed by atoms with Crippen LogP contribution in [0.15, 0.2) is 41.5 Å². The molecule has 0 unspecified atom stereocenters. The Morgan fingerprint density at radius 3 is 2.88 bits per heavy atom. The second-order valence-corrected chi connectivity index (χ2v) is 6.09. The smallest absolute Gasteiger partial charge is 0.261 e. The summed E-state index contributed by atoms with van der Waals surface area (Å²) in [4.78, 5) is 31.7. The Morgan fingerprint density at radius 2 is 2.04 bits per heavy atom. The number of H-pyrrole nitrogens is 2. The molecule has 7 heteroatoms. The van der Waals surface area contributed by atoms with E-state index in [9.17, 15) is 9.59 Å². The van der Waals surface area contributed by atoms with Crippen molar-refractivity contribution in [1.82, 2.24) is 20.2 Å². The van der Waals surface area contributed by atoms with E-state index >= 15 is 0 Å². The molecule has 1 aromatic carbocycles. The zero-order chi connectivity index (χ0) is 17.2. The summed E-state index contributed by atoms with van der Waals surface area (Å²) in [5.74, 6) is 0.201. The van der Waals surface area contributed by atoms with Crippen molar-refractivity contribution in [2.24, 2.45) is 0 Å². The molecule has 0 atom stereocenters. The molecular weight excluding hydrogens is 318 g/mol. The van der Waals surface area contributed by atoms with E-state index in [0.717, 1.165) is 42.5 Å². The Balaban J connectivity index is 1.60. The number of rotatable bonds is 3. The van der Waals surface area contributed by atoms with Crippen molar-refractivity contribution in [1.29, 1.82) is 0 Å². The first-order valence-electron chi connectivity index (χ1n) is 8.23. The van der Waals surface area contributed by atoms with Crippen LogP contribution in [0.1, 0.15) is 34.5 Å². The number of pyridine rings is 1. The van der Waals surface area contributed by atoms with Crippen LogP contribution in [-0.4, -0.2) is 26.1 Å². The first-order chi connectivity index (χ1) is 12.2. The molecule has 1 aliphatic carbocycles. The maximum Gasteiger partial charge on any atom is 0.261 e. The third-order valence-corrected chi connectivity index (χ3v) is 4.39. The van der Waals surface area contributed by atoms with Crippen LogP contribution in [0.4, 0.5) is 5.69 Å². The SMILES string of the molecule is O=C(Nc1cccc(-c2ncn[nH]2)c1)c1cc2c([nH]c1=O)CCCC2. The third-order valence-electron chi connectivity index (χ3n) is 4.39. The molecule has 0 saturated carbocycles. The predicted molar refractivity (Wildman–Crippen MR) is 93.5 cm³/mol. The normalized spacial score (nSPS) is 13.3. The van der Waals surface area contributed by atoms with Gasteiger partial charge >= 0.3 is 0 Å². The van der Waals surface area contributed by atoms with Crippen molar-refractivity contribution in [3.63, 3.8) is 0 Å². The highest BCUT2D eigenvalue weighted by Gasteiger charge is 2.17. The molecule has 126 valence electrons. The lowest BCUT2D eigenvalue weighted by Gasteiger charge is -2.16. The molecule has 4 rings (SSSR count). The molecule has 25 heavy (non-hydrogen) atoms. The summed E-state index contributed by atoms with van der Waals surface area (Å²) in [5, 5.41) is 9.39. The fraction of sp³-hybridized carbons (Fsp3) is 0.222. The standard InChI is InChI=1S/C18H17N5O2/c24-17(14-9-11-4-1-2-7-15(11)22-18(14)25)21-13-6-3-5-12(8-13)16-19-10-20-23-16/h3,5-6,8-10H,1-2,4,7H2,(H,21,24)(H,22,25)(H,19,20,23). The molecule has 7 nitrogen and oxygen atoms in total. The second-order valence-electron chi connectivity index (χ2n) is 6.09. The Morgan fingerprint density at radius 1 is 1.16 bits per heavy atom. The zero-order valence-corrected chi connectivity index (χ0v) is 13.5. The minimum atomic E-state index is -0.413. The highest BCUT2D eigenvalue weighted by Crippen LogP contribution is 2.21. The molecule has 0 radical (unpaired) electrons. The topological polar surface area (TPSA) is 104 Å². The van der Waals surface area contributed by atoms with Gasteiger partial charge in [0.05, 0.1) is 0 Å². The van der Waals surface area contributed by atoms with Gasteiger partial charge in [0.1, 0.15) is 11.9 Å². The molecule has 2 aromatic heterocycles. The average Bonchev–Trinajstić information content (AvgIpc) is 3.16. The number of fused-ring (bicyclic) bond motifs is 1. The fourth-order valence-electron chi connectivity index (χ4n) is 3.13. The lowest BCUT2D eigenvalue weighted by molar-refractivity contribution is 0.102. The van der Waals surface area contributed by atoms with Crippen LogP contribution >= 0.6 is 0 Å². The molecular formula is C18H17N5O2. The number of hydrogen-bond acceptors (Lipinski definition) is 4.